The van der Waals surface area contributed by atoms with Gasteiger partial charge in [-0.05, 0) is 31.5 Å². The van der Waals surface area contributed by atoms with Crippen molar-refractivity contribution < 1.29 is 9.47 Å². The van der Waals surface area contributed by atoms with Gasteiger partial charge in [-0.15, -0.1) is 24.0 Å². The molecule has 20 heavy (non-hydrogen) atoms. The first kappa shape index (κ1) is 19.0. The third kappa shape index (κ3) is 8.21. The minimum absolute atomic E-state index is 0. The number of nitrogens with two attached hydrogens (primary N) is 1. The van der Waals surface area contributed by atoms with E-state index in [9.17, 15) is 0 Å². The predicted octanol–water partition coefficient (Wildman–Crippen LogP) is 1.93. The fourth-order valence-electron chi connectivity index (χ4n) is 1.62. The molecule has 0 aliphatic heterocycles. The quantitative estimate of drug-likeness (QED) is 0.322. The molecule has 0 aliphatic carbocycles. The number of ether oxygens (including phenoxy) is 2. The van der Waals surface area contributed by atoms with Crippen molar-refractivity contribution in [3.8, 4) is 5.75 Å². The first-order valence-corrected chi connectivity index (χ1v) is 6.36. The summed E-state index contributed by atoms with van der Waals surface area (Å²) in [5.41, 5.74) is 6.91. The average molecular weight is 393 g/mol. The Bertz CT molecular complexity index is 413. The number of guanidine groups is 1. The van der Waals surface area contributed by atoms with Gasteiger partial charge in [0.2, 0.25) is 0 Å². The van der Waals surface area contributed by atoms with E-state index in [1.54, 1.807) is 7.11 Å². The van der Waals surface area contributed by atoms with Crippen molar-refractivity contribution in [2.75, 3.05) is 26.9 Å². The smallest absolute Gasteiger partial charge is 0.188 e. The van der Waals surface area contributed by atoms with E-state index in [4.69, 9.17) is 15.2 Å². The minimum atomic E-state index is 0. The third-order valence-corrected chi connectivity index (χ3v) is 2.44. The number of nitrogens with one attached hydrogen (secondary N) is 1. The maximum Gasteiger partial charge on any atom is 0.188 e. The van der Waals surface area contributed by atoms with Crippen LogP contribution in [-0.4, -0.2) is 38.9 Å². The van der Waals surface area contributed by atoms with Gasteiger partial charge in [0.25, 0.3) is 0 Å². The van der Waals surface area contributed by atoms with Gasteiger partial charge >= 0.3 is 0 Å². The second-order valence-corrected chi connectivity index (χ2v) is 4.43. The van der Waals surface area contributed by atoms with Gasteiger partial charge in [-0.3, -0.25) is 0 Å². The number of halogens is 1. The molecule has 0 radical (unpaired) electrons. The van der Waals surface area contributed by atoms with E-state index < -0.39 is 0 Å². The normalized spacial score (nSPS) is 12.4. The molecule has 0 heterocycles. The van der Waals surface area contributed by atoms with Crippen LogP contribution in [0.4, 0.5) is 0 Å². The summed E-state index contributed by atoms with van der Waals surface area (Å²) in [4.78, 5) is 4.19. The molecule has 0 saturated heterocycles. The number of methoxy groups -OCH3 is 1. The highest BCUT2D eigenvalue weighted by atomic mass is 127. The monoisotopic (exact) mass is 393 g/mol. The Morgan fingerprint density at radius 3 is 2.85 bits per heavy atom. The average Bonchev–Trinajstić information content (AvgIpc) is 2.35. The second kappa shape index (κ2) is 10.7. The van der Waals surface area contributed by atoms with Crippen molar-refractivity contribution in [2.24, 2.45) is 10.7 Å². The minimum Gasteiger partial charge on any atom is -0.492 e. The zero-order valence-corrected chi connectivity index (χ0v) is 14.6. The van der Waals surface area contributed by atoms with Gasteiger partial charge < -0.3 is 20.5 Å². The lowest BCUT2D eigenvalue weighted by molar-refractivity contribution is 0.179. The fourth-order valence-corrected chi connectivity index (χ4v) is 1.62. The van der Waals surface area contributed by atoms with Gasteiger partial charge in [-0.2, -0.15) is 0 Å². The first-order valence-electron chi connectivity index (χ1n) is 6.36. The van der Waals surface area contributed by atoms with E-state index in [0.29, 0.717) is 25.7 Å². The lowest BCUT2D eigenvalue weighted by Gasteiger charge is -2.13. The van der Waals surface area contributed by atoms with E-state index in [0.717, 1.165) is 5.75 Å². The molecule has 0 spiro atoms. The highest BCUT2D eigenvalue weighted by Crippen LogP contribution is 2.11. The number of aliphatic imine (C=N–C) groups is 1. The number of hydrogen-bond donors (Lipinski definition) is 2. The van der Waals surface area contributed by atoms with Crippen LogP contribution in [0.5, 0.6) is 5.75 Å². The molecule has 0 fully saturated rings. The Labute approximate surface area is 138 Å². The van der Waals surface area contributed by atoms with Crippen molar-refractivity contribution in [1.29, 1.82) is 0 Å². The summed E-state index contributed by atoms with van der Waals surface area (Å²) >= 11 is 0. The van der Waals surface area contributed by atoms with Crippen LogP contribution in [0.15, 0.2) is 29.3 Å². The van der Waals surface area contributed by atoms with E-state index in [1.807, 2.05) is 38.1 Å². The van der Waals surface area contributed by atoms with E-state index >= 15 is 0 Å². The van der Waals surface area contributed by atoms with Gasteiger partial charge in [0.1, 0.15) is 12.4 Å². The molecule has 1 aromatic carbocycles. The predicted molar refractivity (Wildman–Crippen MR) is 93.1 cm³/mol. The summed E-state index contributed by atoms with van der Waals surface area (Å²) in [6, 6.07) is 8.07. The summed E-state index contributed by atoms with van der Waals surface area (Å²) in [5, 5.41) is 3.04. The summed E-state index contributed by atoms with van der Waals surface area (Å²) < 4.78 is 10.6. The molecule has 3 N–H and O–H groups in total. The van der Waals surface area contributed by atoms with Crippen molar-refractivity contribution in [3.63, 3.8) is 0 Å². The topological polar surface area (TPSA) is 68.9 Å². The largest absolute Gasteiger partial charge is 0.492 e. The second-order valence-electron chi connectivity index (χ2n) is 4.43. The number of nitrogens with zero attached hydrogens (tertiary/aromatic N) is 1. The summed E-state index contributed by atoms with van der Waals surface area (Å²) in [6.07, 6.45) is 0. The Morgan fingerprint density at radius 1 is 1.45 bits per heavy atom. The van der Waals surface area contributed by atoms with Crippen molar-refractivity contribution in [3.05, 3.63) is 29.8 Å². The molecule has 0 aliphatic rings. The van der Waals surface area contributed by atoms with Crippen molar-refractivity contribution >= 4 is 29.9 Å². The molecule has 6 heteroatoms. The van der Waals surface area contributed by atoms with Gasteiger partial charge in [0.15, 0.2) is 5.96 Å². The Morgan fingerprint density at radius 2 is 2.20 bits per heavy atom. The molecule has 5 nitrogen and oxygen atoms in total. The summed E-state index contributed by atoms with van der Waals surface area (Å²) in [6.45, 7) is 5.63. The lowest BCUT2D eigenvalue weighted by atomic mass is 10.2. The van der Waals surface area contributed by atoms with E-state index in [-0.39, 0.29) is 30.0 Å². The van der Waals surface area contributed by atoms with Crippen LogP contribution in [0.3, 0.4) is 0 Å². The lowest BCUT2D eigenvalue weighted by Crippen LogP contribution is -2.40. The number of benzene rings is 1. The maximum atomic E-state index is 5.74. The van der Waals surface area contributed by atoms with Gasteiger partial charge in [-0.1, -0.05) is 12.1 Å². The molecule has 1 atom stereocenters. The van der Waals surface area contributed by atoms with Crippen LogP contribution in [0.1, 0.15) is 12.5 Å². The molecule has 0 aromatic heterocycles. The zero-order valence-electron chi connectivity index (χ0n) is 12.3. The first-order chi connectivity index (χ1) is 9.11. The Kier molecular flexibility index (Phi) is 10.2. The van der Waals surface area contributed by atoms with Gasteiger partial charge in [-0.25, -0.2) is 4.99 Å². The molecule has 0 amide bonds. The number of rotatable bonds is 7. The van der Waals surface area contributed by atoms with Crippen LogP contribution >= 0.6 is 24.0 Å². The van der Waals surface area contributed by atoms with Crippen molar-refractivity contribution in [2.45, 2.75) is 19.9 Å². The summed E-state index contributed by atoms with van der Waals surface area (Å²) in [5.74, 6) is 1.27. The van der Waals surface area contributed by atoms with Crippen LogP contribution in [-0.2, 0) is 4.74 Å². The van der Waals surface area contributed by atoms with Crippen LogP contribution in [0, 0.1) is 6.92 Å². The molecular weight excluding hydrogens is 369 g/mol. The Hall–Kier alpha value is -1.02. The summed E-state index contributed by atoms with van der Waals surface area (Å²) in [7, 11) is 1.65. The molecule has 114 valence electrons. The van der Waals surface area contributed by atoms with E-state index in [1.165, 1.54) is 5.56 Å². The standard InChI is InChI=1S/C14H23N3O2.HI/c1-11-5-4-6-13(9-11)19-8-7-16-14(15)17-12(2)10-18-3;/h4-6,9,12H,7-8,10H2,1-3H3,(H3,15,16,17);1H. The highest BCUT2D eigenvalue weighted by molar-refractivity contribution is 14.0. The molecule has 1 unspecified atom stereocenters. The van der Waals surface area contributed by atoms with Crippen LogP contribution < -0.4 is 15.8 Å². The Balaban J connectivity index is 0.00000361. The van der Waals surface area contributed by atoms with E-state index in [2.05, 4.69) is 10.3 Å². The third-order valence-electron chi connectivity index (χ3n) is 2.44. The molecule has 0 saturated carbocycles. The van der Waals surface area contributed by atoms with Crippen molar-refractivity contribution in [1.82, 2.24) is 5.32 Å². The number of aryl methyl sites for hydroxylation is 1. The van der Waals surface area contributed by atoms with Gasteiger partial charge in [0, 0.05) is 13.2 Å². The highest BCUT2D eigenvalue weighted by Gasteiger charge is 2.01. The number of hydrogen-bond acceptors (Lipinski definition) is 3. The zero-order chi connectivity index (χ0) is 14.1. The van der Waals surface area contributed by atoms with Crippen LogP contribution in [0.25, 0.3) is 0 Å². The van der Waals surface area contributed by atoms with Crippen LogP contribution in [0.2, 0.25) is 0 Å². The fraction of sp³-hybridized carbons (Fsp3) is 0.500. The molecule has 1 rings (SSSR count). The maximum absolute atomic E-state index is 5.74. The SMILES string of the molecule is COCC(C)NC(N)=NCCOc1cccc(C)c1.I. The van der Waals surface area contributed by atoms with Gasteiger partial charge in [0.05, 0.1) is 13.2 Å². The molecule has 1 aromatic rings. The molecule has 0 bridgehead atoms. The molecular formula is C14H24IN3O2.